The fourth-order valence-corrected chi connectivity index (χ4v) is 4.40. The number of carbonyl (C=O) groups is 3. The number of alkyl carbamates (subject to hydrolysis) is 1. The van der Waals surface area contributed by atoms with E-state index in [0.717, 1.165) is 35.1 Å². The first-order chi connectivity index (χ1) is 17.0. The lowest BCUT2D eigenvalue weighted by molar-refractivity contribution is -0.163. The van der Waals surface area contributed by atoms with Crippen LogP contribution in [0.2, 0.25) is 0 Å². The number of hydrogen-bond donors (Lipinski definition) is 3. The molecular formula is C26H30N2O7. The predicted octanol–water partition coefficient (Wildman–Crippen LogP) is 3.23. The summed E-state index contributed by atoms with van der Waals surface area (Å²) in [5.74, 6) is -1.76. The van der Waals surface area contributed by atoms with E-state index in [2.05, 4.69) is 22.9 Å². The fourth-order valence-electron chi connectivity index (χ4n) is 4.40. The van der Waals surface area contributed by atoms with Gasteiger partial charge in [0.25, 0.3) is 0 Å². The van der Waals surface area contributed by atoms with E-state index >= 15 is 0 Å². The smallest absolute Gasteiger partial charge is 0.407 e. The second-order valence-electron chi connectivity index (χ2n) is 8.73. The van der Waals surface area contributed by atoms with Crippen molar-refractivity contribution in [1.29, 1.82) is 0 Å². The van der Waals surface area contributed by atoms with Crippen molar-refractivity contribution in [3.63, 3.8) is 0 Å². The van der Waals surface area contributed by atoms with Gasteiger partial charge in [0.1, 0.15) is 6.61 Å². The van der Waals surface area contributed by atoms with Crippen LogP contribution in [-0.4, -0.2) is 55.0 Å². The summed E-state index contributed by atoms with van der Waals surface area (Å²) < 4.78 is 11.1. The Balaban J connectivity index is 1.25. The first-order valence-corrected chi connectivity index (χ1v) is 11.9. The van der Waals surface area contributed by atoms with E-state index in [9.17, 15) is 19.5 Å². The normalized spacial score (nSPS) is 16.0. The van der Waals surface area contributed by atoms with Crippen LogP contribution in [0, 0.1) is 5.92 Å². The Kier molecular flexibility index (Phi) is 7.99. The van der Waals surface area contributed by atoms with Gasteiger partial charge in [0.2, 0.25) is 5.91 Å². The Hall–Kier alpha value is -3.43. The van der Waals surface area contributed by atoms with Crippen molar-refractivity contribution in [2.75, 3.05) is 19.8 Å². The summed E-state index contributed by atoms with van der Waals surface area (Å²) in [6, 6.07) is 16.2. The molecule has 0 spiro atoms. The van der Waals surface area contributed by atoms with Crippen LogP contribution in [0.1, 0.15) is 43.2 Å². The van der Waals surface area contributed by atoms with Crippen molar-refractivity contribution in [2.24, 2.45) is 5.92 Å². The number of hydrogen-bond acceptors (Lipinski definition) is 6. The van der Waals surface area contributed by atoms with E-state index in [0.29, 0.717) is 6.61 Å². The Morgan fingerprint density at radius 2 is 1.66 bits per heavy atom. The van der Waals surface area contributed by atoms with Crippen LogP contribution in [-0.2, 0) is 23.9 Å². The zero-order valence-electron chi connectivity index (χ0n) is 19.6. The lowest BCUT2D eigenvalue weighted by Gasteiger charge is -2.19. The molecule has 2 aliphatic carbocycles. The third-order valence-electron chi connectivity index (χ3n) is 6.23. The average molecular weight is 483 g/mol. The molecule has 2 aromatic rings. The first kappa shape index (κ1) is 24.7. The molecule has 0 saturated heterocycles. The third-order valence-corrected chi connectivity index (χ3v) is 6.23. The highest BCUT2D eigenvalue weighted by atomic mass is 16.7. The summed E-state index contributed by atoms with van der Waals surface area (Å²) in [6.45, 7) is 2.36. The molecule has 0 radical (unpaired) electrons. The standard InChI is InChI=1S/C26H30N2O7/c1-2-33-17(13-23(29)28-35-24(25(30)31)16-11-12-16)14-27-26(32)34-15-22-20-9-5-3-7-18(20)19-8-4-6-10-21(19)22/h3-10,16-17,22,24H,2,11-15H2,1H3,(H,27,32)(H,28,29)(H,30,31). The Morgan fingerprint density at radius 3 is 2.23 bits per heavy atom. The molecule has 0 aromatic heterocycles. The molecule has 9 nitrogen and oxygen atoms in total. The van der Waals surface area contributed by atoms with E-state index in [-0.39, 0.29) is 31.4 Å². The van der Waals surface area contributed by atoms with Crippen molar-refractivity contribution in [3.05, 3.63) is 59.7 Å². The quantitative estimate of drug-likeness (QED) is 0.397. The molecule has 1 fully saturated rings. The molecular weight excluding hydrogens is 452 g/mol. The van der Waals surface area contributed by atoms with Gasteiger partial charge in [0.05, 0.1) is 12.5 Å². The molecule has 2 unspecified atom stereocenters. The maximum Gasteiger partial charge on any atom is 0.407 e. The van der Waals surface area contributed by atoms with Gasteiger partial charge in [-0.1, -0.05) is 48.5 Å². The van der Waals surface area contributed by atoms with Crippen LogP contribution in [0.25, 0.3) is 11.1 Å². The molecule has 1 saturated carbocycles. The summed E-state index contributed by atoms with van der Waals surface area (Å²) in [5, 5.41) is 11.8. The summed E-state index contributed by atoms with van der Waals surface area (Å²) in [6.07, 6.45) is -0.851. The summed E-state index contributed by atoms with van der Waals surface area (Å²) in [5.41, 5.74) is 6.74. The van der Waals surface area contributed by atoms with Gasteiger partial charge in [0, 0.05) is 19.1 Å². The largest absolute Gasteiger partial charge is 0.479 e. The second-order valence-corrected chi connectivity index (χ2v) is 8.73. The SMILES string of the molecule is CCOC(CNC(=O)OCC1c2ccccc2-c2ccccc21)CC(=O)NOC(C(=O)O)C1CC1. The lowest BCUT2D eigenvalue weighted by atomic mass is 9.98. The molecule has 3 N–H and O–H groups in total. The number of hydroxylamine groups is 1. The van der Waals surface area contributed by atoms with Gasteiger partial charge in [-0.3, -0.25) is 9.63 Å². The maximum absolute atomic E-state index is 12.4. The molecule has 9 heteroatoms. The minimum Gasteiger partial charge on any atom is -0.479 e. The van der Waals surface area contributed by atoms with E-state index in [1.54, 1.807) is 6.92 Å². The molecule has 2 amide bonds. The highest BCUT2D eigenvalue weighted by Crippen LogP contribution is 2.44. The molecule has 186 valence electrons. The fraction of sp³-hybridized carbons (Fsp3) is 0.423. The van der Waals surface area contributed by atoms with Crippen LogP contribution in [0.5, 0.6) is 0 Å². The zero-order chi connectivity index (χ0) is 24.8. The third kappa shape index (κ3) is 6.17. The number of carboxylic acid groups (broad SMARTS) is 1. The number of nitrogens with one attached hydrogen (secondary N) is 2. The molecule has 2 aliphatic rings. The number of carbonyl (C=O) groups excluding carboxylic acids is 2. The predicted molar refractivity (Wildman–Crippen MR) is 126 cm³/mol. The van der Waals surface area contributed by atoms with Gasteiger partial charge < -0.3 is 19.9 Å². The molecule has 0 bridgehead atoms. The number of carboxylic acids is 1. The number of aliphatic carboxylic acids is 1. The van der Waals surface area contributed by atoms with E-state index in [1.807, 2.05) is 36.4 Å². The van der Waals surface area contributed by atoms with Gasteiger partial charge in [0.15, 0.2) is 6.10 Å². The van der Waals surface area contributed by atoms with Gasteiger partial charge in [-0.2, -0.15) is 0 Å². The van der Waals surface area contributed by atoms with Crippen molar-refractivity contribution in [3.8, 4) is 11.1 Å². The Labute approximate surface area is 203 Å². The molecule has 0 aliphatic heterocycles. The van der Waals surface area contributed by atoms with Gasteiger partial charge in [-0.25, -0.2) is 15.1 Å². The molecule has 2 aromatic carbocycles. The van der Waals surface area contributed by atoms with Crippen molar-refractivity contribution >= 4 is 18.0 Å². The highest BCUT2D eigenvalue weighted by molar-refractivity contribution is 5.79. The van der Waals surface area contributed by atoms with Crippen molar-refractivity contribution in [1.82, 2.24) is 10.8 Å². The maximum atomic E-state index is 12.4. The zero-order valence-corrected chi connectivity index (χ0v) is 19.6. The van der Waals surface area contributed by atoms with Crippen molar-refractivity contribution < 1.29 is 33.8 Å². The number of rotatable bonds is 12. The van der Waals surface area contributed by atoms with Gasteiger partial charge in [-0.15, -0.1) is 0 Å². The van der Waals surface area contributed by atoms with Crippen LogP contribution in [0.4, 0.5) is 4.79 Å². The molecule has 2 atom stereocenters. The molecule has 4 rings (SSSR count). The minimum atomic E-state index is -1.11. The monoisotopic (exact) mass is 482 g/mol. The second kappa shape index (κ2) is 11.3. The van der Waals surface area contributed by atoms with Gasteiger partial charge in [-0.05, 0) is 47.9 Å². The van der Waals surface area contributed by atoms with E-state index < -0.39 is 30.2 Å². The van der Waals surface area contributed by atoms with Crippen LogP contribution < -0.4 is 10.8 Å². The van der Waals surface area contributed by atoms with Crippen LogP contribution >= 0.6 is 0 Å². The highest BCUT2D eigenvalue weighted by Gasteiger charge is 2.38. The van der Waals surface area contributed by atoms with Crippen LogP contribution in [0.3, 0.4) is 0 Å². The molecule has 35 heavy (non-hydrogen) atoms. The number of benzene rings is 2. The number of ether oxygens (including phenoxy) is 2. The number of fused-ring (bicyclic) bond motifs is 3. The van der Waals surface area contributed by atoms with Gasteiger partial charge >= 0.3 is 12.1 Å². The average Bonchev–Trinajstić information content (AvgIpc) is 3.63. The summed E-state index contributed by atoms with van der Waals surface area (Å²) in [7, 11) is 0. The summed E-state index contributed by atoms with van der Waals surface area (Å²) in [4.78, 5) is 40.9. The topological polar surface area (TPSA) is 123 Å². The Bertz CT molecular complexity index is 1020. The first-order valence-electron chi connectivity index (χ1n) is 11.9. The van der Waals surface area contributed by atoms with Crippen LogP contribution in [0.15, 0.2) is 48.5 Å². The number of amides is 2. The van der Waals surface area contributed by atoms with E-state index in [1.165, 1.54) is 0 Å². The van der Waals surface area contributed by atoms with Crippen molar-refractivity contribution in [2.45, 2.75) is 44.3 Å². The Morgan fingerprint density at radius 1 is 1.03 bits per heavy atom. The summed E-state index contributed by atoms with van der Waals surface area (Å²) >= 11 is 0. The lowest BCUT2D eigenvalue weighted by Crippen LogP contribution is -2.40. The minimum absolute atomic E-state index is 0.0487. The molecule has 0 heterocycles. The van der Waals surface area contributed by atoms with E-state index in [4.69, 9.17) is 14.3 Å².